The van der Waals surface area contributed by atoms with E-state index < -0.39 is 0 Å². The van der Waals surface area contributed by atoms with E-state index in [9.17, 15) is 0 Å². The van der Waals surface area contributed by atoms with Gasteiger partial charge in [-0.3, -0.25) is 0 Å². The highest BCUT2D eigenvalue weighted by Gasteiger charge is 2.25. The molecule has 0 bridgehead atoms. The summed E-state index contributed by atoms with van der Waals surface area (Å²) >= 11 is 0. The van der Waals surface area contributed by atoms with Crippen molar-refractivity contribution < 1.29 is 4.42 Å². The van der Waals surface area contributed by atoms with E-state index in [2.05, 4.69) is 238 Å². The fourth-order valence-electron chi connectivity index (χ4n) is 10.1. The smallest absolute Gasteiger partial charge is 0.135 e. The average molecular weight is 818 g/mol. The molecule has 300 valence electrons. The van der Waals surface area contributed by atoms with Crippen LogP contribution < -0.4 is 4.90 Å². The number of anilines is 3. The Kier molecular flexibility index (Phi) is 8.18. The Bertz CT molecular complexity index is 3830. The summed E-state index contributed by atoms with van der Waals surface area (Å²) in [6.07, 6.45) is 0. The van der Waals surface area contributed by atoms with E-state index in [0.29, 0.717) is 0 Å². The van der Waals surface area contributed by atoms with Gasteiger partial charge in [-0.15, -0.1) is 0 Å². The number of rotatable bonds is 7. The van der Waals surface area contributed by atoms with Crippen LogP contribution in [0.3, 0.4) is 0 Å². The highest BCUT2D eigenvalue weighted by Crippen LogP contribution is 2.48. The van der Waals surface area contributed by atoms with Gasteiger partial charge in [0, 0.05) is 60.6 Å². The first-order chi connectivity index (χ1) is 31.8. The number of aromatic nitrogens is 2. The van der Waals surface area contributed by atoms with Crippen molar-refractivity contribution >= 4 is 82.6 Å². The molecule has 0 radical (unpaired) electrons. The molecule has 0 amide bonds. The third-order valence-electron chi connectivity index (χ3n) is 12.9. The van der Waals surface area contributed by atoms with Crippen LogP contribution in [-0.2, 0) is 0 Å². The van der Waals surface area contributed by atoms with Gasteiger partial charge in [0.2, 0.25) is 0 Å². The normalized spacial score (nSPS) is 11.8. The minimum Gasteiger partial charge on any atom is -0.456 e. The quantitative estimate of drug-likeness (QED) is 0.160. The Morgan fingerprint density at radius 2 is 0.875 bits per heavy atom. The molecule has 0 fully saturated rings. The van der Waals surface area contributed by atoms with Gasteiger partial charge in [0.15, 0.2) is 0 Å². The van der Waals surface area contributed by atoms with Crippen LogP contribution in [-0.4, -0.2) is 9.13 Å². The van der Waals surface area contributed by atoms with Crippen molar-refractivity contribution in [2.75, 3.05) is 4.90 Å². The van der Waals surface area contributed by atoms with Crippen molar-refractivity contribution in [3.05, 3.63) is 237 Å². The van der Waals surface area contributed by atoms with Crippen LogP contribution in [0.4, 0.5) is 17.1 Å². The van der Waals surface area contributed by atoms with E-state index in [1.807, 2.05) is 12.1 Å². The number of hydrogen-bond donors (Lipinski definition) is 0. The average Bonchev–Trinajstić information content (AvgIpc) is 4.03. The van der Waals surface area contributed by atoms with Crippen molar-refractivity contribution in [1.29, 1.82) is 0 Å². The molecule has 0 spiro atoms. The van der Waals surface area contributed by atoms with Gasteiger partial charge >= 0.3 is 0 Å². The lowest BCUT2D eigenvalue weighted by Gasteiger charge is -2.27. The van der Waals surface area contributed by atoms with Crippen LogP contribution in [0.5, 0.6) is 0 Å². The summed E-state index contributed by atoms with van der Waals surface area (Å²) in [6.45, 7) is 0. The van der Waals surface area contributed by atoms with Crippen molar-refractivity contribution in [3.8, 4) is 33.6 Å². The minimum absolute atomic E-state index is 0.865. The molecule has 4 nitrogen and oxygen atoms in total. The fraction of sp³-hybridized carbons (Fsp3) is 0. The second-order valence-electron chi connectivity index (χ2n) is 16.5. The van der Waals surface area contributed by atoms with Gasteiger partial charge in [0.05, 0.1) is 27.8 Å². The Morgan fingerprint density at radius 1 is 0.312 bits per heavy atom. The Morgan fingerprint density at radius 3 is 1.59 bits per heavy atom. The number of furan rings is 1. The molecular weight excluding hydrogens is 779 g/mol. The van der Waals surface area contributed by atoms with Crippen molar-refractivity contribution in [3.63, 3.8) is 0 Å². The largest absolute Gasteiger partial charge is 0.456 e. The Labute approximate surface area is 369 Å². The second kappa shape index (κ2) is 14.5. The molecule has 4 heteroatoms. The molecule has 0 saturated heterocycles. The van der Waals surface area contributed by atoms with E-state index in [1.54, 1.807) is 0 Å². The van der Waals surface area contributed by atoms with Crippen molar-refractivity contribution in [2.45, 2.75) is 0 Å². The van der Waals surface area contributed by atoms with E-state index >= 15 is 0 Å². The molecule has 64 heavy (non-hydrogen) atoms. The molecule has 3 aromatic heterocycles. The van der Waals surface area contributed by atoms with E-state index in [-0.39, 0.29) is 0 Å². The molecule has 10 aromatic carbocycles. The molecule has 0 aliphatic rings. The van der Waals surface area contributed by atoms with Gasteiger partial charge in [-0.05, 0) is 108 Å². The summed E-state index contributed by atoms with van der Waals surface area (Å²) < 4.78 is 11.3. The lowest BCUT2D eigenvalue weighted by molar-refractivity contribution is 0.669. The summed E-state index contributed by atoms with van der Waals surface area (Å²) in [4.78, 5) is 2.43. The number of nitrogens with zero attached hydrogens (tertiary/aromatic N) is 3. The van der Waals surface area contributed by atoms with Gasteiger partial charge in [-0.2, -0.15) is 0 Å². The standard InChI is InChI=1S/C60H39N3O/c1-4-17-40(18-5-1)42-37-51(41-19-6-2-7-20-41)59-53(38-42)50-26-16-29-56(60(50)63(59)43-21-8-3-9-22-43)61(46-35-36-58-52(39-46)49-25-12-15-30-57(49)64-58)44-31-33-45(34-32-44)62-54-27-13-10-23-47(54)48-24-11-14-28-55(48)62/h1-39H. The number of para-hydroxylation sites is 5. The molecule has 0 saturated carbocycles. The van der Waals surface area contributed by atoms with E-state index in [0.717, 1.165) is 61.4 Å². The maximum Gasteiger partial charge on any atom is 0.135 e. The number of fused-ring (bicyclic) bond motifs is 9. The maximum absolute atomic E-state index is 6.39. The Hall–Kier alpha value is -8.60. The third kappa shape index (κ3) is 5.63. The predicted molar refractivity (Wildman–Crippen MR) is 268 cm³/mol. The van der Waals surface area contributed by atoms with Crippen LogP contribution in [0.1, 0.15) is 0 Å². The summed E-state index contributed by atoms with van der Waals surface area (Å²) in [6, 6.07) is 85.3. The van der Waals surface area contributed by atoms with Gasteiger partial charge in [-0.25, -0.2) is 0 Å². The van der Waals surface area contributed by atoms with E-state index in [4.69, 9.17) is 4.42 Å². The first-order valence-electron chi connectivity index (χ1n) is 21.8. The zero-order valence-corrected chi connectivity index (χ0v) is 34.8. The number of hydrogen-bond acceptors (Lipinski definition) is 2. The van der Waals surface area contributed by atoms with Gasteiger partial charge in [0.1, 0.15) is 11.2 Å². The van der Waals surface area contributed by atoms with Crippen LogP contribution in [0, 0.1) is 0 Å². The predicted octanol–water partition coefficient (Wildman–Crippen LogP) is 16.6. The van der Waals surface area contributed by atoms with E-state index in [1.165, 1.54) is 54.8 Å². The summed E-state index contributed by atoms with van der Waals surface area (Å²) in [5.74, 6) is 0. The topological polar surface area (TPSA) is 26.2 Å². The van der Waals surface area contributed by atoms with Crippen molar-refractivity contribution in [2.24, 2.45) is 0 Å². The Balaban J connectivity index is 1.11. The fourth-order valence-corrected chi connectivity index (χ4v) is 10.1. The van der Waals surface area contributed by atoms with Crippen LogP contribution in [0.2, 0.25) is 0 Å². The van der Waals surface area contributed by atoms with Crippen LogP contribution in [0.25, 0.3) is 99.2 Å². The number of benzene rings is 10. The first-order valence-corrected chi connectivity index (χ1v) is 21.8. The summed E-state index contributed by atoms with van der Waals surface area (Å²) in [5, 5.41) is 7.03. The summed E-state index contributed by atoms with van der Waals surface area (Å²) in [7, 11) is 0. The highest BCUT2D eigenvalue weighted by atomic mass is 16.3. The molecule has 0 N–H and O–H groups in total. The van der Waals surface area contributed by atoms with Gasteiger partial charge < -0.3 is 18.5 Å². The molecule has 0 aliphatic heterocycles. The molecule has 3 heterocycles. The van der Waals surface area contributed by atoms with Crippen LogP contribution in [0.15, 0.2) is 241 Å². The van der Waals surface area contributed by atoms with Crippen molar-refractivity contribution in [1.82, 2.24) is 9.13 Å². The SMILES string of the molecule is c1ccc(-c2cc(-c3ccccc3)c3c(c2)c2cccc(N(c4ccc(-n5c6ccccc6c6ccccc65)cc4)c4ccc5oc6ccccc6c5c4)c2n3-c2ccccc2)cc1. The molecule has 0 atom stereocenters. The first kappa shape index (κ1) is 36.1. The maximum atomic E-state index is 6.39. The van der Waals surface area contributed by atoms with Gasteiger partial charge in [-0.1, -0.05) is 146 Å². The zero-order chi connectivity index (χ0) is 42.1. The zero-order valence-electron chi connectivity index (χ0n) is 34.8. The molecule has 13 aromatic rings. The van der Waals surface area contributed by atoms with Crippen LogP contribution >= 0.6 is 0 Å². The molecular formula is C60H39N3O. The third-order valence-corrected chi connectivity index (χ3v) is 12.9. The summed E-state index contributed by atoms with van der Waals surface area (Å²) in [5.41, 5.74) is 16.5. The second-order valence-corrected chi connectivity index (χ2v) is 16.5. The molecule has 13 rings (SSSR count). The lowest BCUT2D eigenvalue weighted by atomic mass is 9.95. The van der Waals surface area contributed by atoms with Gasteiger partial charge in [0.25, 0.3) is 0 Å². The lowest BCUT2D eigenvalue weighted by Crippen LogP contribution is -2.12. The highest BCUT2D eigenvalue weighted by molar-refractivity contribution is 6.19. The minimum atomic E-state index is 0.865. The monoisotopic (exact) mass is 817 g/mol. The molecule has 0 unspecified atom stereocenters. The molecule has 0 aliphatic carbocycles.